The number of nitriles is 1. The number of alkyl carbamates (subject to hydrolysis) is 1. The molecule has 0 spiro atoms. The van der Waals surface area contributed by atoms with Gasteiger partial charge in [-0.25, -0.2) is 14.2 Å². The first-order valence-electron chi connectivity index (χ1n) is 11.4. The third-order valence-electron chi connectivity index (χ3n) is 5.83. The predicted octanol–water partition coefficient (Wildman–Crippen LogP) is 3.08. The Labute approximate surface area is 197 Å². The van der Waals surface area contributed by atoms with E-state index in [4.69, 9.17) is 20.7 Å². The lowest BCUT2D eigenvalue weighted by molar-refractivity contribution is 0.0336. The van der Waals surface area contributed by atoms with Crippen molar-refractivity contribution < 1.29 is 13.9 Å². The van der Waals surface area contributed by atoms with Gasteiger partial charge in [-0.3, -0.25) is 4.98 Å². The monoisotopic (exact) mass is 465 g/mol. The summed E-state index contributed by atoms with van der Waals surface area (Å²) < 4.78 is 22.1. The molecule has 178 valence electrons. The first-order valence-corrected chi connectivity index (χ1v) is 11.4. The van der Waals surface area contributed by atoms with Crippen LogP contribution in [0.3, 0.4) is 0 Å². The zero-order valence-electron chi connectivity index (χ0n) is 19.0. The molecule has 1 aromatic carbocycles. The molecule has 1 amide bonds. The number of imidazole rings is 1. The maximum absolute atomic E-state index is 14.7. The first kappa shape index (κ1) is 23.4. The topological polar surface area (TPSA) is 122 Å². The Kier molecular flexibility index (Phi) is 7.23. The third kappa shape index (κ3) is 5.26. The summed E-state index contributed by atoms with van der Waals surface area (Å²) in [6.07, 6.45) is -0.296. The summed E-state index contributed by atoms with van der Waals surface area (Å²) in [6, 6.07) is 13.3. The molecule has 4 rings (SSSR count). The SMILES string of the molecule is CCCC(N)NC(=O)O[C@@H]1CN(c2nc3ccccc3n2Cc2ccc(C#N)cn2)CC[C@H]1F. The van der Waals surface area contributed by atoms with Crippen LogP contribution in [0.2, 0.25) is 0 Å². The van der Waals surface area contributed by atoms with E-state index >= 15 is 0 Å². The van der Waals surface area contributed by atoms with Crippen LogP contribution in [-0.4, -0.2) is 52.2 Å². The molecule has 1 aliphatic rings. The van der Waals surface area contributed by atoms with E-state index in [9.17, 15) is 9.18 Å². The molecule has 0 radical (unpaired) electrons. The molecule has 10 heteroatoms. The fraction of sp³-hybridized carbons (Fsp3) is 0.417. The zero-order chi connectivity index (χ0) is 24.1. The summed E-state index contributed by atoms with van der Waals surface area (Å²) in [5, 5.41) is 11.6. The number of piperidine rings is 1. The lowest BCUT2D eigenvalue weighted by atomic mass is 10.1. The molecule has 34 heavy (non-hydrogen) atoms. The number of carbonyl (C=O) groups excluding carboxylic acids is 1. The number of pyridine rings is 1. The molecule has 3 N–H and O–H groups in total. The number of rotatable bonds is 7. The summed E-state index contributed by atoms with van der Waals surface area (Å²) in [5.74, 6) is 0.649. The minimum atomic E-state index is -1.28. The van der Waals surface area contributed by atoms with Gasteiger partial charge in [-0.2, -0.15) is 5.26 Å². The fourth-order valence-electron chi connectivity index (χ4n) is 4.09. The van der Waals surface area contributed by atoms with Crippen LogP contribution in [0.5, 0.6) is 0 Å². The van der Waals surface area contributed by atoms with E-state index < -0.39 is 24.5 Å². The van der Waals surface area contributed by atoms with Crippen molar-refractivity contribution in [2.45, 2.75) is 51.2 Å². The van der Waals surface area contributed by atoms with E-state index in [1.807, 2.05) is 40.7 Å². The highest BCUT2D eigenvalue weighted by Gasteiger charge is 2.34. The lowest BCUT2D eigenvalue weighted by Gasteiger charge is -2.35. The van der Waals surface area contributed by atoms with Gasteiger partial charge in [0.2, 0.25) is 5.95 Å². The summed E-state index contributed by atoms with van der Waals surface area (Å²) in [4.78, 5) is 23.3. The molecule has 0 aliphatic carbocycles. The van der Waals surface area contributed by atoms with Crippen molar-refractivity contribution in [3.8, 4) is 6.07 Å². The van der Waals surface area contributed by atoms with E-state index in [0.717, 1.165) is 23.1 Å². The van der Waals surface area contributed by atoms with E-state index in [1.165, 1.54) is 6.20 Å². The molecule has 0 saturated carbocycles. The number of hydrogen-bond acceptors (Lipinski definition) is 7. The Morgan fingerprint density at radius 2 is 2.21 bits per heavy atom. The van der Waals surface area contributed by atoms with Crippen molar-refractivity contribution in [3.05, 3.63) is 53.9 Å². The highest BCUT2D eigenvalue weighted by molar-refractivity contribution is 5.79. The molecular weight excluding hydrogens is 437 g/mol. The van der Waals surface area contributed by atoms with Gasteiger partial charge in [0.15, 0.2) is 6.10 Å². The number of nitrogens with zero attached hydrogens (tertiary/aromatic N) is 5. The number of benzene rings is 1. The molecule has 3 atom stereocenters. The van der Waals surface area contributed by atoms with Gasteiger partial charge in [0.1, 0.15) is 12.2 Å². The first-order chi connectivity index (χ1) is 16.5. The van der Waals surface area contributed by atoms with Crippen LogP contribution in [0.1, 0.15) is 37.4 Å². The number of para-hydroxylation sites is 2. The molecule has 1 saturated heterocycles. The van der Waals surface area contributed by atoms with Crippen LogP contribution in [0.4, 0.5) is 15.1 Å². The van der Waals surface area contributed by atoms with Crippen LogP contribution in [0, 0.1) is 11.3 Å². The van der Waals surface area contributed by atoms with Crippen molar-refractivity contribution in [2.24, 2.45) is 5.73 Å². The second kappa shape index (κ2) is 10.5. The zero-order valence-corrected chi connectivity index (χ0v) is 19.0. The Balaban J connectivity index is 1.56. The molecule has 9 nitrogen and oxygen atoms in total. The van der Waals surface area contributed by atoms with Crippen LogP contribution < -0.4 is 16.0 Å². The summed E-state index contributed by atoms with van der Waals surface area (Å²) in [7, 11) is 0. The maximum atomic E-state index is 14.7. The van der Waals surface area contributed by atoms with Crippen LogP contribution in [0.25, 0.3) is 11.0 Å². The van der Waals surface area contributed by atoms with Crippen molar-refractivity contribution in [3.63, 3.8) is 0 Å². The molecule has 3 aromatic rings. The standard InChI is InChI=1S/C24H28FN7O2/c1-2-5-22(27)30-24(33)34-21-15-31(11-10-18(21)25)23-29-19-6-3-4-7-20(19)32(23)14-17-9-8-16(12-26)13-28-17/h3-4,6-9,13,18,21-22H,2,5,10-11,14-15,27H2,1H3,(H,30,33)/t18-,21-,22?/m1/s1. The van der Waals surface area contributed by atoms with Crippen molar-refractivity contribution in [1.29, 1.82) is 5.26 Å². The van der Waals surface area contributed by atoms with E-state index in [2.05, 4.69) is 16.4 Å². The number of nitrogens with one attached hydrogen (secondary N) is 1. The molecular formula is C24H28FN7O2. The van der Waals surface area contributed by atoms with Gasteiger partial charge in [-0.15, -0.1) is 0 Å². The van der Waals surface area contributed by atoms with Crippen molar-refractivity contribution in [1.82, 2.24) is 19.9 Å². The Morgan fingerprint density at radius 1 is 1.38 bits per heavy atom. The molecule has 1 aliphatic heterocycles. The molecule has 3 heterocycles. The average Bonchev–Trinajstić information content (AvgIpc) is 3.19. The number of halogens is 1. The number of nitrogens with two attached hydrogens (primary N) is 1. The van der Waals surface area contributed by atoms with E-state index in [-0.39, 0.29) is 13.0 Å². The van der Waals surface area contributed by atoms with Crippen molar-refractivity contribution in [2.75, 3.05) is 18.0 Å². The Hall–Kier alpha value is -3.71. The number of ether oxygens (including phenoxy) is 1. The predicted molar refractivity (Wildman–Crippen MR) is 126 cm³/mol. The van der Waals surface area contributed by atoms with Crippen LogP contribution >= 0.6 is 0 Å². The molecule has 2 aromatic heterocycles. The number of hydrogen-bond donors (Lipinski definition) is 2. The van der Waals surface area contributed by atoms with Gasteiger partial charge in [-0.1, -0.05) is 25.5 Å². The van der Waals surface area contributed by atoms with E-state index in [0.29, 0.717) is 31.0 Å². The maximum Gasteiger partial charge on any atom is 0.408 e. The molecule has 1 unspecified atom stereocenters. The number of fused-ring (bicyclic) bond motifs is 1. The number of carbonyl (C=O) groups is 1. The lowest BCUT2D eigenvalue weighted by Crippen LogP contribution is -2.51. The van der Waals surface area contributed by atoms with Gasteiger partial charge in [0.05, 0.1) is 41.5 Å². The quantitative estimate of drug-likeness (QED) is 0.514. The fourth-order valence-corrected chi connectivity index (χ4v) is 4.09. The summed E-state index contributed by atoms with van der Waals surface area (Å²) in [6.45, 7) is 2.99. The van der Waals surface area contributed by atoms with E-state index in [1.54, 1.807) is 12.1 Å². The van der Waals surface area contributed by atoms with Gasteiger partial charge in [-0.05, 0) is 37.1 Å². The minimum absolute atomic E-state index is 0.168. The largest absolute Gasteiger partial charge is 0.441 e. The number of aromatic nitrogens is 3. The Bertz CT molecular complexity index is 1170. The number of anilines is 1. The molecule has 0 bridgehead atoms. The Morgan fingerprint density at radius 3 is 2.94 bits per heavy atom. The average molecular weight is 466 g/mol. The van der Waals surface area contributed by atoms with Crippen LogP contribution in [-0.2, 0) is 11.3 Å². The normalized spacial score (nSPS) is 18.9. The third-order valence-corrected chi connectivity index (χ3v) is 5.83. The van der Waals surface area contributed by atoms with Crippen LogP contribution in [0.15, 0.2) is 42.6 Å². The minimum Gasteiger partial charge on any atom is -0.441 e. The van der Waals surface area contributed by atoms with Gasteiger partial charge in [0.25, 0.3) is 0 Å². The smallest absolute Gasteiger partial charge is 0.408 e. The van der Waals surface area contributed by atoms with Crippen molar-refractivity contribution >= 4 is 23.1 Å². The van der Waals surface area contributed by atoms with Gasteiger partial charge in [0, 0.05) is 12.7 Å². The summed E-state index contributed by atoms with van der Waals surface area (Å²) >= 11 is 0. The number of amides is 1. The molecule has 1 fully saturated rings. The number of alkyl halides is 1. The second-order valence-corrected chi connectivity index (χ2v) is 8.37. The van der Waals surface area contributed by atoms with Gasteiger partial charge < -0.3 is 25.3 Å². The van der Waals surface area contributed by atoms with Gasteiger partial charge >= 0.3 is 6.09 Å². The highest BCUT2D eigenvalue weighted by Crippen LogP contribution is 2.28. The highest BCUT2D eigenvalue weighted by atomic mass is 19.1. The summed E-state index contributed by atoms with van der Waals surface area (Å²) in [5.41, 5.74) is 8.81. The second-order valence-electron chi connectivity index (χ2n) is 8.37.